The van der Waals surface area contributed by atoms with Crippen LogP contribution in [0.3, 0.4) is 0 Å². The van der Waals surface area contributed by atoms with Gasteiger partial charge in [0.05, 0.1) is 12.2 Å². The molecule has 1 N–H and O–H groups in total. The quantitative estimate of drug-likeness (QED) is 0.862. The van der Waals surface area contributed by atoms with E-state index in [4.69, 9.17) is 9.47 Å². The van der Waals surface area contributed by atoms with Gasteiger partial charge in [0.2, 0.25) is 0 Å². The first-order valence-electron chi connectivity index (χ1n) is 7.79. The van der Waals surface area contributed by atoms with Gasteiger partial charge in [-0.3, -0.25) is 0 Å². The lowest BCUT2D eigenvalue weighted by Crippen LogP contribution is -2.31. The highest BCUT2D eigenvalue weighted by Crippen LogP contribution is 2.34. The molecule has 0 aromatic heterocycles. The zero-order valence-corrected chi connectivity index (χ0v) is 12.9. The Bertz CT molecular complexity index is 388. The molecule has 2 unspecified atom stereocenters. The summed E-state index contributed by atoms with van der Waals surface area (Å²) < 4.78 is 11.7. The van der Waals surface area contributed by atoms with Gasteiger partial charge in [0.1, 0.15) is 5.75 Å². The van der Waals surface area contributed by atoms with Gasteiger partial charge in [-0.05, 0) is 50.9 Å². The van der Waals surface area contributed by atoms with E-state index in [1.54, 1.807) is 0 Å². The van der Waals surface area contributed by atoms with E-state index in [-0.39, 0.29) is 12.2 Å². The molecule has 3 nitrogen and oxygen atoms in total. The minimum Gasteiger partial charge on any atom is -0.491 e. The number of hydrogen-bond donors (Lipinski definition) is 1. The van der Waals surface area contributed by atoms with Crippen molar-refractivity contribution in [2.45, 2.75) is 45.8 Å². The van der Waals surface area contributed by atoms with Crippen LogP contribution in [0.1, 0.15) is 45.3 Å². The zero-order valence-electron chi connectivity index (χ0n) is 12.9. The van der Waals surface area contributed by atoms with Gasteiger partial charge in [0.15, 0.2) is 0 Å². The standard InChI is InChI=1S/C17H27NO2/c1-4-18-12-15-6-5-11-19-17(15)14-7-9-16(10-8-14)20-13(2)3/h7-10,13,15,17-18H,4-6,11-12H2,1-3H3. The highest BCUT2D eigenvalue weighted by Gasteiger charge is 2.26. The van der Waals surface area contributed by atoms with Gasteiger partial charge in [0.25, 0.3) is 0 Å². The summed E-state index contributed by atoms with van der Waals surface area (Å²) in [5.41, 5.74) is 1.27. The number of hydrogen-bond acceptors (Lipinski definition) is 3. The summed E-state index contributed by atoms with van der Waals surface area (Å²) in [6, 6.07) is 8.40. The molecule has 0 radical (unpaired) electrons. The molecular weight excluding hydrogens is 250 g/mol. The second-order valence-corrected chi connectivity index (χ2v) is 5.74. The third-order valence-corrected chi connectivity index (χ3v) is 3.68. The molecule has 0 bridgehead atoms. The van der Waals surface area contributed by atoms with E-state index >= 15 is 0 Å². The molecule has 0 aliphatic carbocycles. The average Bonchev–Trinajstić information content (AvgIpc) is 2.46. The molecule has 1 heterocycles. The molecular formula is C17H27NO2. The van der Waals surface area contributed by atoms with Crippen LogP contribution in [-0.2, 0) is 4.74 Å². The summed E-state index contributed by atoms with van der Waals surface area (Å²) in [5.74, 6) is 1.50. The van der Waals surface area contributed by atoms with Gasteiger partial charge in [0, 0.05) is 19.1 Å². The first-order chi connectivity index (χ1) is 9.70. The lowest BCUT2D eigenvalue weighted by molar-refractivity contribution is -0.0276. The van der Waals surface area contributed by atoms with Gasteiger partial charge in [-0.25, -0.2) is 0 Å². The van der Waals surface area contributed by atoms with Crippen LogP contribution in [0.4, 0.5) is 0 Å². The lowest BCUT2D eigenvalue weighted by Gasteiger charge is -2.32. The maximum atomic E-state index is 6.01. The molecule has 1 aromatic rings. The van der Waals surface area contributed by atoms with Crippen molar-refractivity contribution in [2.24, 2.45) is 5.92 Å². The summed E-state index contributed by atoms with van der Waals surface area (Å²) in [4.78, 5) is 0. The molecule has 1 aliphatic rings. The average molecular weight is 277 g/mol. The van der Waals surface area contributed by atoms with E-state index in [1.807, 2.05) is 13.8 Å². The van der Waals surface area contributed by atoms with Gasteiger partial charge in [-0.2, -0.15) is 0 Å². The van der Waals surface area contributed by atoms with Crippen LogP contribution in [0.25, 0.3) is 0 Å². The number of rotatable bonds is 6. The monoisotopic (exact) mass is 277 g/mol. The number of benzene rings is 1. The van der Waals surface area contributed by atoms with Crippen molar-refractivity contribution in [3.05, 3.63) is 29.8 Å². The van der Waals surface area contributed by atoms with Crippen LogP contribution in [0.5, 0.6) is 5.75 Å². The zero-order chi connectivity index (χ0) is 14.4. The molecule has 0 spiro atoms. The summed E-state index contributed by atoms with van der Waals surface area (Å²) in [7, 11) is 0. The fraction of sp³-hybridized carbons (Fsp3) is 0.647. The highest BCUT2D eigenvalue weighted by molar-refractivity contribution is 5.29. The van der Waals surface area contributed by atoms with Crippen molar-refractivity contribution in [3.63, 3.8) is 0 Å². The van der Waals surface area contributed by atoms with E-state index in [9.17, 15) is 0 Å². The summed E-state index contributed by atoms with van der Waals surface area (Å²) in [6.45, 7) is 9.17. The Hall–Kier alpha value is -1.06. The van der Waals surface area contributed by atoms with Crippen LogP contribution < -0.4 is 10.1 Å². The lowest BCUT2D eigenvalue weighted by atomic mass is 9.89. The van der Waals surface area contributed by atoms with Crippen LogP contribution in [-0.4, -0.2) is 25.8 Å². The second kappa shape index (κ2) is 7.65. The Morgan fingerprint density at radius 3 is 2.70 bits per heavy atom. The number of nitrogens with one attached hydrogen (secondary N) is 1. The van der Waals surface area contributed by atoms with Crippen LogP contribution >= 0.6 is 0 Å². The van der Waals surface area contributed by atoms with Crippen molar-refractivity contribution < 1.29 is 9.47 Å². The fourth-order valence-electron chi connectivity index (χ4n) is 2.76. The molecule has 2 rings (SSSR count). The largest absolute Gasteiger partial charge is 0.491 e. The smallest absolute Gasteiger partial charge is 0.119 e. The van der Waals surface area contributed by atoms with Crippen molar-refractivity contribution in [1.29, 1.82) is 0 Å². The Morgan fingerprint density at radius 1 is 1.30 bits per heavy atom. The molecule has 1 aromatic carbocycles. The molecule has 0 saturated carbocycles. The minimum atomic E-state index is 0.216. The van der Waals surface area contributed by atoms with Crippen molar-refractivity contribution in [3.8, 4) is 5.75 Å². The fourth-order valence-corrected chi connectivity index (χ4v) is 2.76. The topological polar surface area (TPSA) is 30.5 Å². The Kier molecular flexibility index (Phi) is 5.86. The third kappa shape index (κ3) is 4.22. The molecule has 112 valence electrons. The minimum absolute atomic E-state index is 0.216. The predicted octanol–water partition coefficient (Wildman–Crippen LogP) is 3.55. The van der Waals surface area contributed by atoms with E-state index < -0.39 is 0 Å². The van der Waals surface area contributed by atoms with E-state index in [1.165, 1.54) is 18.4 Å². The third-order valence-electron chi connectivity index (χ3n) is 3.68. The summed E-state index contributed by atoms with van der Waals surface area (Å²) in [5, 5.41) is 3.45. The second-order valence-electron chi connectivity index (χ2n) is 5.74. The van der Waals surface area contributed by atoms with Crippen LogP contribution in [0.2, 0.25) is 0 Å². The molecule has 0 amide bonds. The highest BCUT2D eigenvalue weighted by atomic mass is 16.5. The molecule has 2 atom stereocenters. The molecule has 1 aliphatic heterocycles. The van der Waals surface area contributed by atoms with Crippen molar-refractivity contribution in [2.75, 3.05) is 19.7 Å². The normalized spacial score (nSPS) is 23.0. The Balaban J connectivity index is 2.03. The maximum absolute atomic E-state index is 6.01. The summed E-state index contributed by atoms with van der Waals surface area (Å²) >= 11 is 0. The van der Waals surface area contributed by atoms with Crippen molar-refractivity contribution >= 4 is 0 Å². The van der Waals surface area contributed by atoms with E-state index in [0.29, 0.717) is 5.92 Å². The van der Waals surface area contributed by atoms with Gasteiger partial charge in [-0.15, -0.1) is 0 Å². The van der Waals surface area contributed by atoms with Crippen LogP contribution in [0.15, 0.2) is 24.3 Å². The molecule has 1 saturated heterocycles. The van der Waals surface area contributed by atoms with Gasteiger partial charge in [-0.1, -0.05) is 19.1 Å². The maximum Gasteiger partial charge on any atom is 0.119 e. The number of ether oxygens (including phenoxy) is 2. The predicted molar refractivity (Wildman–Crippen MR) is 82.2 cm³/mol. The Morgan fingerprint density at radius 2 is 2.05 bits per heavy atom. The first kappa shape index (κ1) is 15.3. The Labute approximate surface area is 122 Å². The van der Waals surface area contributed by atoms with Gasteiger partial charge < -0.3 is 14.8 Å². The molecule has 3 heteroatoms. The van der Waals surface area contributed by atoms with Crippen molar-refractivity contribution in [1.82, 2.24) is 5.32 Å². The summed E-state index contributed by atoms with van der Waals surface area (Å²) in [6.07, 6.45) is 2.84. The SMILES string of the molecule is CCNCC1CCCOC1c1ccc(OC(C)C)cc1. The van der Waals surface area contributed by atoms with E-state index in [0.717, 1.165) is 25.4 Å². The van der Waals surface area contributed by atoms with Gasteiger partial charge >= 0.3 is 0 Å². The van der Waals surface area contributed by atoms with E-state index in [2.05, 4.69) is 36.5 Å². The molecule has 20 heavy (non-hydrogen) atoms. The molecule has 1 fully saturated rings. The van der Waals surface area contributed by atoms with Crippen LogP contribution in [0, 0.1) is 5.92 Å². The first-order valence-corrected chi connectivity index (χ1v) is 7.79.